The van der Waals surface area contributed by atoms with E-state index >= 15 is 4.39 Å². The number of ketones is 1. The summed E-state index contributed by atoms with van der Waals surface area (Å²) in [5.74, 6) is -2.97. The van der Waals surface area contributed by atoms with E-state index in [1.165, 1.54) is 6.92 Å². The molecule has 0 aromatic rings. The molecule has 11 heteroatoms. The summed E-state index contributed by atoms with van der Waals surface area (Å²) in [7, 11) is 5.95. The molecule has 0 aromatic heterocycles. The number of esters is 1. The van der Waals surface area contributed by atoms with Gasteiger partial charge >= 0.3 is 5.97 Å². The van der Waals surface area contributed by atoms with E-state index in [9.17, 15) is 19.8 Å². The Kier molecular flexibility index (Phi) is 11.4. The highest BCUT2D eigenvalue weighted by molar-refractivity contribution is 14.1. The number of aliphatic hydroxyl groups excluding tert-OH is 1. The number of nitrogens with one attached hydrogen (secondary N) is 1. The Balaban J connectivity index is 2.34. The second-order valence-corrected chi connectivity index (χ2v) is 13.1. The van der Waals surface area contributed by atoms with Gasteiger partial charge < -0.3 is 34.8 Å². The van der Waals surface area contributed by atoms with Crippen LogP contribution in [0.3, 0.4) is 0 Å². The van der Waals surface area contributed by atoms with Gasteiger partial charge in [0.25, 0.3) is 5.67 Å². The van der Waals surface area contributed by atoms with Crippen molar-refractivity contribution in [3.05, 3.63) is 0 Å². The first-order valence-corrected chi connectivity index (χ1v) is 14.4. The minimum atomic E-state index is -2.89. The van der Waals surface area contributed by atoms with E-state index in [4.69, 9.17) is 9.47 Å². The Morgan fingerprint density at radius 2 is 1.84 bits per heavy atom. The molecule has 3 N–H and O–H groups in total. The lowest BCUT2D eigenvalue weighted by atomic mass is 9.81. The molecule has 2 saturated heterocycles. The number of carbonyl (C=O) groups excluding carboxylic acids is 2. The fourth-order valence-electron chi connectivity index (χ4n) is 5.51. The number of aliphatic hydroxyl groups is 2. The molecule has 0 aliphatic carbocycles. The first-order chi connectivity index (χ1) is 16.9. The van der Waals surface area contributed by atoms with Crippen LogP contribution in [0.4, 0.5) is 4.39 Å². The van der Waals surface area contributed by atoms with Gasteiger partial charge in [-0.15, -0.1) is 0 Å². The monoisotopic (exact) mass is 643 g/mol. The molecule has 2 aliphatic heterocycles. The summed E-state index contributed by atoms with van der Waals surface area (Å²) < 4.78 is 26.0. The topological polar surface area (TPSA) is 112 Å². The number of hydrogen-bond donors (Lipinski definition) is 3. The van der Waals surface area contributed by atoms with Crippen molar-refractivity contribution in [2.45, 2.75) is 93.1 Å². The van der Waals surface area contributed by atoms with E-state index in [1.54, 1.807) is 36.4 Å². The molecular formula is C26H47FIN3O6. The van der Waals surface area contributed by atoms with E-state index in [2.05, 4.69) is 10.2 Å². The standard InChI is InChI=1S/C26H47FIN3O6/c1-16-12-24(3)13-18(19(37-24)14-29-10-9-11-30(6)7)15-31(8)17(2)21(33)26(5,35)22(28)36-23(34)25(4,27)20(16)32/h16-19,21-22,29,33,35H,9-15H2,1-8H3/t16-,17-,18-,19?,21-,22+,24+,25+,26+/m1/s1. The first-order valence-electron chi connectivity index (χ1n) is 13.1. The van der Waals surface area contributed by atoms with Crippen LogP contribution in [0.1, 0.15) is 53.9 Å². The Hall–Kier alpha value is -0.440. The highest BCUT2D eigenvalue weighted by Crippen LogP contribution is 2.41. The number of Topliss-reactive ketones (excluding diaryl/α,β-unsaturated/α-hetero) is 1. The van der Waals surface area contributed by atoms with Gasteiger partial charge in [0, 0.05) is 31.0 Å². The van der Waals surface area contributed by atoms with E-state index in [1.807, 2.05) is 33.0 Å². The maximum Gasteiger partial charge on any atom is 0.352 e. The molecular weight excluding hydrogens is 596 g/mol. The largest absolute Gasteiger partial charge is 0.446 e. The second-order valence-electron chi connectivity index (χ2n) is 12.0. The van der Waals surface area contributed by atoms with Crippen molar-refractivity contribution in [3.8, 4) is 0 Å². The zero-order valence-electron chi connectivity index (χ0n) is 23.6. The zero-order valence-corrected chi connectivity index (χ0v) is 25.7. The molecule has 0 amide bonds. The lowest BCUT2D eigenvalue weighted by Gasteiger charge is -2.40. The number of rotatable bonds is 6. The van der Waals surface area contributed by atoms with Gasteiger partial charge in [-0.1, -0.05) is 6.92 Å². The lowest BCUT2D eigenvalue weighted by Crippen LogP contribution is -2.58. The molecule has 9 atom stereocenters. The predicted octanol–water partition coefficient (Wildman–Crippen LogP) is 1.77. The number of fused-ring (bicyclic) bond motifs is 2. The molecule has 37 heavy (non-hydrogen) atoms. The number of hydrogen-bond acceptors (Lipinski definition) is 9. The molecule has 2 fully saturated rings. The molecule has 9 nitrogen and oxygen atoms in total. The van der Waals surface area contributed by atoms with Crippen molar-refractivity contribution in [3.63, 3.8) is 0 Å². The van der Waals surface area contributed by atoms with Gasteiger partial charge in [0.15, 0.2) is 9.89 Å². The minimum Gasteiger partial charge on any atom is -0.446 e. The van der Waals surface area contributed by atoms with Crippen molar-refractivity contribution < 1.29 is 33.7 Å². The molecule has 0 aromatic carbocycles. The van der Waals surface area contributed by atoms with Crippen LogP contribution in [0.25, 0.3) is 0 Å². The van der Waals surface area contributed by atoms with E-state index in [0.717, 1.165) is 26.4 Å². The summed E-state index contributed by atoms with van der Waals surface area (Å²) >= 11 is 1.66. The molecule has 0 spiro atoms. The Morgan fingerprint density at radius 3 is 2.43 bits per heavy atom. The van der Waals surface area contributed by atoms with Crippen LogP contribution >= 0.6 is 22.6 Å². The quantitative estimate of drug-likeness (QED) is 0.131. The van der Waals surface area contributed by atoms with Gasteiger partial charge in [0.2, 0.25) is 0 Å². The van der Waals surface area contributed by atoms with Crippen molar-refractivity contribution in [2.75, 3.05) is 47.3 Å². The van der Waals surface area contributed by atoms with Crippen molar-refractivity contribution in [2.24, 2.45) is 11.8 Å². The minimum absolute atomic E-state index is 0.0772. The number of cyclic esters (lactones) is 1. The number of likely N-dealkylation sites (N-methyl/N-ethyl adjacent to an activating group) is 1. The molecule has 0 saturated carbocycles. The average Bonchev–Trinajstić information content (AvgIpc) is 3.10. The van der Waals surface area contributed by atoms with Crippen molar-refractivity contribution in [1.29, 1.82) is 0 Å². The van der Waals surface area contributed by atoms with Crippen LogP contribution in [0.15, 0.2) is 0 Å². The van der Waals surface area contributed by atoms with E-state index < -0.39 is 50.8 Å². The number of alkyl halides is 2. The normalized spacial score (nSPS) is 42.9. The average molecular weight is 644 g/mol. The van der Waals surface area contributed by atoms with Crippen LogP contribution in [0.2, 0.25) is 0 Å². The second kappa shape index (κ2) is 12.8. The lowest BCUT2D eigenvalue weighted by molar-refractivity contribution is -0.179. The van der Waals surface area contributed by atoms with Crippen LogP contribution in [0, 0.1) is 11.8 Å². The summed E-state index contributed by atoms with van der Waals surface area (Å²) in [5.41, 5.74) is -5.47. The first kappa shape index (κ1) is 32.8. The molecule has 216 valence electrons. The van der Waals surface area contributed by atoms with Crippen LogP contribution in [-0.2, 0) is 19.1 Å². The van der Waals surface area contributed by atoms with Crippen molar-refractivity contribution in [1.82, 2.24) is 15.1 Å². The fraction of sp³-hybridized carbons (Fsp3) is 0.923. The zero-order chi connectivity index (χ0) is 28.3. The SMILES string of the molecule is C[C@@H]1C[C@@]2(C)C[C@H](CN(C)[C@H](C)[C@@H](O)[C@](C)(O)[C@@H](I)OC(=O)[C@@](C)(F)C1=O)C(CNCCCN(C)C)O2. The third-order valence-corrected chi connectivity index (χ3v) is 9.45. The number of ether oxygens (including phenoxy) is 2. The van der Waals surface area contributed by atoms with Crippen LogP contribution in [0.5, 0.6) is 0 Å². The highest BCUT2D eigenvalue weighted by Gasteiger charge is 2.52. The van der Waals surface area contributed by atoms with Gasteiger partial charge in [-0.2, -0.15) is 0 Å². The number of carbonyl (C=O) groups is 2. The molecule has 2 heterocycles. The third-order valence-electron chi connectivity index (χ3n) is 7.94. The smallest absolute Gasteiger partial charge is 0.352 e. The number of nitrogens with zero attached hydrogens (tertiary/aromatic N) is 2. The molecule has 2 bridgehead atoms. The van der Waals surface area contributed by atoms with Gasteiger partial charge in [0.1, 0.15) is 11.7 Å². The van der Waals surface area contributed by atoms with Gasteiger partial charge in [-0.05, 0) is 104 Å². The number of halogens is 2. The van der Waals surface area contributed by atoms with Gasteiger partial charge in [0.05, 0.1) is 11.7 Å². The van der Waals surface area contributed by atoms with Gasteiger partial charge in [-0.3, -0.25) is 4.79 Å². The molecule has 0 radical (unpaired) electrons. The summed E-state index contributed by atoms with van der Waals surface area (Å²) in [6, 6.07) is -0.506. The predicted molar refractivity (Wildman–Crippen MR) is 148 cm³/mol. The highest BCUT2D eigenvalue weighted by atomic mass is 127. The maximum absolute atomic E-state index is 15.5. The fourth-order valence-corrected chi connectivity index (χ4v) is 6.11. The van der Waals surface area contributed by atoms with E-state index in [-0.39, 0.29) is 18.4 Å². The van der Waals surface area contributed by atoms with Gasteiger partial charge in [-0.25, -0.2) is 9.18 Å². The summed E-state index contributed by atoms with van der Waals surface area (Å²) in [6.45, 7) is 10.6. The maximum atomic E-state index is 15.5. The van der Waals surface area contributed by atoms with Crippen LogP contribution in [-0.4, -0.2) is 118 Å². The third kappa shape index (κ3) is 8.04. The Morgan fingerprint density at radius 1 is 1.22 bits per heavy atom. The summed E-state index contributed by atoms with van der Waals surface area (Å²) in [6.07, 6.45) is 0.439. The van der Waals surface area contributed by atoms with Crippen molar-refractivity contribution >= 4 is 34.3 Å². The van der Waals surface area contributed by atoms with Crippen LogP contribution < -0.4 is 5.32 Å². The summed E-state index contributed by atoms with van der Waals surface area (Å²) in [4.78, 5) is 29.9. The molecule has 2 rings (SSSR count). The molecule has 1 unspecified atom stereocenters. The van der Waals surface area contributed by atoms with E-state index in [0.29, 0.717) is 19.5 Å². The Bertz CT molecular complexity index is 800. The molecule has 2 aliphatic rings. The Labute approximate surface area is 234 Å². The summed E-state index contributed by atoms with van der Waals surface area (Å²) in [5, 5.41) is 25.6.